The van der Waals surface area contributed by atoms with Crippen LogP contribution in [0.2, 0.25) is 0 Å². The highest BCUT2D eigenvalue weighted by Gasteiger charge is 2.35. The number of rotatable bonds is 6. The highest BCUT2D eigenvalue weighted by molar-refractivity contribution is 6.01. The first-order valence-electron chi connectivity index (χ1n) is 9.38. The number of methoxy groups -OCH3 is 1. The van der Waals surface area contributed by atoms with Crippen molar-refractivity contribution >= 4 is 23.5 Å². The van der Waals surface area contributed by atoms with Gasteiger partial charge in [0.05, 0.1) is 13.5 Å². The van der Waals surface area contributed by atoms with Crippen molar-refractivity contribution in [1.82, 2.24) is 14.8 Å². The molecule has 29 heavy (non-hydrogen) atoms. The monoisotopic (exact) mass is 391 g/mol. The van der Waals surface area contributed by atoms with Gasteiger partial charge in [-0.3, -0.25) is 14.9 Å². The third-order valence-electron chi connectivity index (χ3n) is 4.86. The normalized spacial score (nSPS) is 15.0. The Labute approximate surface area is 167 Å². The second-order valence-electron chi connectivity index (χ2n) is 6.70. The van der Waals surface area contributed by atoms with Gasteiger partial charge in [-0.1, -0.05) is 25.1 Å². The summed E-state index contributed by atoms with van der Waals surface area (Å²) in [7, 11) is 1.60. The van der Waals surface area contributed by atoms with Gasteiger partial charge in [0, 0.05) is 11.3 Å². The number of amides is 2. The van der Waals surface area contributed by atoms with E-state index in [9.17, 15) is 9.59 Å². The maximum Gasteiger partial charge on any atom is 0.252 e. The molecule has 0 radical (unpaired) electrons. The molecule has 2 heterocycles. The maximum absolute atomic E-state index is 12.6. The minimum atomic E-state index is -0.738. The van der Waals surface area contributed by atoms with Crippen molar-refractivity contribution in [2.45, 2.75) is 25.8 Å². The van der Waals surface area contributed by atoms with Gasteiger partial charge in [0.2, 0.25) is 11.9 Å². The largest absolute Gasteiger partial charge is 0.497 e. The summed E-state index contributed by atoms with van der Waals surface area (Å²) in [6, 6.07) is 14.2. The van der Waals surface area contributed by atoms with Crippen molar-refractivity contribution in [1.29, 1.82) is 0 Å². The van der Waals surface area contributed by atoms with E-state index in [2.05, 4.69) is 20.7 Å². The molecule has 4 rings (SSSR count). The van der Waals surface area contributed by atoms with E-state index >= 15 is 0 Å². The van der Waals surface area contributed by atoms with Crippen LogP contribution in [0.5, 0.6) is 5.75 Å². The molecule has 1 aliphatic rings. The summed E-state index contributed by atoms with van der Waals surface area (Å²) >= 11 is 0. The fraction of sp³-hybridized carbons (Fsp3) is 0.238. The number of nitrogens with zero attached hydrogens (tertiary/aromatic N) is 3. The third-order valence-corrected chi connectivity index (χ3v) is 4.86. The molecule has 0 saturated carbocycles. The van der Waals surface area contributed by atoms with E-state index in [1.807, 2.05) is 55.5 Å². The summed E-state index contributed by atoms with van der Waals surface area (Å²) in [4.78, 5) is 29.3. The van der Waals surface area contributed by atoms with E-state index in [1.165, 1.54) is 4.68 Å². The van der Waals surface area contributed by atoms with Crippen LogP contribution in [0.3, 0.4) is 0 Å². The second kappa shape index (κ2) is 7.75. The summed E-state index contributed by atoms with van der Waals surface area (Å²) in [5.41, 5.74) is 2.60. The molecule has 0 fully saturated rings. The molecule has 2 aromatic carbocycles. The first-order chi connectivity index (χ1) is 14.1. The Morgan fingerprint density at radius 2 is 1.97 bits per heavy atom. The number of aryl methyl sites for hydroxylation is 1. The maximum atomic E-state index is 12.6. The van der Waals surface area contributed by atoms with Crippen LogP contribution in [0.4, 0.5) is 11.6 Å². The fourth-order valence-corrected chi connectivity index (χ4v) is 3.30. The molecule has 0 spiro atoms. The Hall–Kier alpha value is -3.68. The van der Waals surface area contributed by atoms with E-state index < -0.39 is 6.04 Å². The first-order valence-corrected chi connectivity index (χ1v) is 9.38. The van der Waals surface area contributed by atoms with Gasteiger partial charge in [-0.25, -0.2) is 4.68 Å². The summed E-state index contributed by atoms with van der Waals surface area (Å²) in [5, 5.41) is 10.0. The number of ether oxygens (including phenoxy) is 1. The van der Waals surface area contributed by atoms with E-state index in [4.69, 9.17) is 4.74 Å². The highest BCUT2D eigenvalue weighted by atomic mass is 16.5. The number of hydrogen-bond donors (Lipinski definition) is 2. The number of para-hydroxylation sites is 1. The molecule has 0 aliphatic carbocycles. The quantitative estimate of drug-likeness (QED) is 0.673. The molecule has 8 heteroatoms. The van der Waals surface area contributed by atoms with Crippen LogP contribution in [0.1, 0.15) is 24.9 Å². The Bertz CT molecular complexity index is 1060. The molecule has 1 aromatic heterocycles. The molecule has 3 aromatic rings. The van der Waals surface area contributed by atoms with Gasteiger partial charge < -0.3 is 10.1 Å². The van der Waals surface area contributed by atoms with Crippen molar-refractivity contribution in [3.8, 4) is 17.1 Å². The Kier molecular flexibility index (Phi) is 4.99. The number of carbonyl (C=O) groups is 2. The minimum absolute atomic E-state index is 0.0255. The molecule has 0 bridgehead atoms. The Morgan fingerprint density at radius 3 is 2.69 bits per heavy atom. The van der Waals surface area contributed by atoms with E-state index in [-0.39, 0.29) is 18.2 Å². The first kappa shape index (κ1) is 18.7. The van der Waals surface area contributed by atoms with Crippen molar-refractivity contribution in [3.63, 3.8) is 0 Å². The zero-order valence-electron chi connectivity index (χ0n) is 16.2. The smallest absolute Gasteiger partial charge is 0.252 e. The zero-order valence-corrected chi connectivity index (χ0v) is 16.2. The minimum Gasteiger partial charge on any atom is -0.497 e. The van der Waals surface area contributed by atoms with Gasteiger partial charge in [0.1, 0.15) is 11.8 Å². The molecule has 2 N–H and O–H groups in total. The van der Waals surface area contributed by atoms with Gasteiger partial charge in [-0.2, -0.15) is 4.98 Å². The highest BCUT2D eigenvalue weighted by Crippen LogP contribution is 2.29. The van der Waals surface area contributed by atoms with E-state index in [0.717, 1.165) is 29.0 Å². The lowest BCUT2D eigenvalue weighted by atomic mass is 10.1. The van der Waals surface area contributed by atoms with Crippen LogP contribution < -0.4 is 15.4 Å². The number of fused-ring (bicyclic) bond motifs is 1. The van der Waals surface area contributed by atoms with Crippen molar-refractivity contribution in [2.75, 3.05) is 17.7 Å². The molecular weight excluding hydrogens is 370 g/mol. The van der Waals surface area contributed by atoms with Crippen LogP contribution in [-0.2, 0) is 16.0 Å². The molecular formula is C21H21N5O3. The average Bonchev–Trinajstić information content (AvgIpc) is 3.27. The van der Waals surface area contributed by atoms with Gasteiger partial charge in [-0.15, -0.1) is 5.10 Å². The lowest BCUT2D eigenvalue weighted by molar-refractivity contribution is -0.123. The number of anilines is 2. The Balaban J connectivity index is 1.52. The van der Waals surface area contributed by atoms with Crippen molar-refractivity contribution in [2.24, 2.45) is 0 Å². The SMILES string of the molecule is CCc1ccccc1NC(=O)CC1C(=O)Nc2nc(-c3ccc(OC)cc3)nn21. The molecule has 0 saturated heterocycles. The second-order valence-corrected chi connectivity index (χ2v) is 6.70. The summed E-state index contributed by atoms with van der Waals surface area (Å²) in [6.45, 7) is 2.03. The molecule has 2 amide bonds. The van der Waals surface area contributed by atoms with Gasteiger partial charge in [0.15, 0.2) is 5.82 Å². The number of benzene rings is 2. The predicted octanol–water partition coefficient (Wildman–Crippen LogP) is 3.04. The van der Waals surface area contributed by atoms with Crippen LogP contribution in [0.15, 0.2) is 48.5 Å². The van der Waals surface area contributed by atoms with E-state index in [0.29, 0.717) is 11.8 Å². The average molecular weight is 391 g/mol. The molecule has 1 aliphatic heterocycles. The van der Waals surface area contributed by atoms with Crippen molar-refractivity contribution < 1.29 is 14.3 Å². The Morgan fingerprint density at radius 1 is 1.21 bits per heavy atom. The number of carbonyl (C=O) groups excluding carboxylic acids is 2. The van der Waals surface area contributed by atoms with Gasteiger partial charge in [0.25, 0.3) is 5.91 Å². The summed E-state index contributed by atoms with van der Waals surface area (Å²) in [6.07, 6.45) is 0.779. The molecule has 8 nitrogen and oxygen atoms in total. The van der Waals surface area contributed by atoms with Crippen molar-refractivity contribution in [3.05, 3.63) is 54.1 Å². The standard InChI is InChI=1S/C21H21N5O3/c1-3-13-6-4-5-7-16(13)22-18(27)12-17-20(28)24-21-23-19(25-26(17)21)14-8-10-15(29-2)11-9-14/h4-11,17H,3,12H2,1-2H3,(H,22,27)(H,23,24,25,28). The molecule has 1 unspecified atom stereocenters. The molecule has 1 atom stereocenters. The summed E-state index contributed by atoms with van der Waals surface area (Å²) < 4.78 is 6.64. The number of hydrogen-bond acceptors (Lipinski definition) is 5. The lowest BCUT2D eigenvalue weighted by Crippen LogP contribution is -2.24. The molecule has 148 valence electrons. The van der Waals surface area contributed by atoms with Gasteiger partial charge in [-0.05, 0) is 42.3 Å². The van der Waals surface area contributed by atoms with Crippen LogP contribution in [-0.4, -0.2) is 33.7 Å². The third kappa shape index (κ3) is 3.69. The predicted molar refractivity (Wildman–Crippen MR) is 109 cm³/mol. The van der Waals surface area contributed by atoms with Crippen LogP contribution >= 0.6 is 0 Å². The van der Waals surface area contributed by atoms with Crippen LogP contribution in [0, 0.1) is 0 Å². The lowest BCUT2D eigenvalue weighted by Gasteiger charge is -2.12. The fourth-order valence-electron chi connectivity index (χ4n) is 3.30. The zero-order chi connectivity index (χ0) is 20.4. The van der Waals surface area contributed by atoms with E-state index in [1.54, 1.807) is 7.11 Å². The van der Waals surface area contributed by atoms with Gasteiger partial charge >= 0.3 is 0 Å². The number of aromatic nitrogens is 3. The topological polar surface area (TPSA) is 98.1 Å². The summed E-state index contributed by atoms with van der Waals surface area (Å²) in [5.74, 6) is 1.01. The number of nitrogens with one attached hydrogen (secondary N) is 2. The van der Waals surface area contributed by atoms with Crippen LogP contribution in [0.25, 0.3) is 11.4 Å².